The van der Waals surface area contributed by atoms with Gasteiger partial charge in [0.15, 0.2) is 0 Å². The summed E-state index contributed by atoms with van der Waals surface area (Å²) in [5.41, 5.74) is 4.13. The van der Waals surface area contributed by atoms with Gasteiger partial charge in [0.1, 0.15) is 11.1 Å². The van der Waals surface area contributed by atoms with Crippen molar-refractivity contribution in [2.24, 2.45) is 0 Å². The van der Waals surface area contributed by atoms with Crippen molar-refractivity contribution in [1.29, 1.82) is 5.26 Å². The summed E-state index contributed by atoms with van der Waals surface area (Å²) in [5.74, 6) is 0.0304. The largest absolute Gasteiger partial charge is 0.325 e. The van der Waals surface area contributed by atoms with Crippen molar-refractivity contribution in [2.45, 2.75) is 32.2 Å². The first-order valence-electron chi connectivity index (χ1n) is 8.25. The van der Waals surface area contributed by atoms with Crippen molar-refractivity contribution in [3.05, 3.63) is 61.7 Å². The van der Waals surface area contributed by atoms with Crippen LogP contribution in [0, 0.1) is 25.2 Å². The van der Waals surface area contributed by atoms with Gasteiger partial charge in [-0.15, -0.1) is 0 Å². The van der Waals surface area contributed by atoms with Gasteiger partial charge in [0, 0.05) is 20.3 Å². The number of halogens is 2. The zero-order valence-corrected chi connectivity index (χ0v) is 19.3. The second-order valence-electron chi connectivity index (χ2n) is 5.86. The number of aromatic nitrogens is 1. The van der Waals surface area contributed by atoms with Crippen LogP contribution in [0.5, 0.6) is 0 Å². The summed E-state index contributed by atoms with van der Waals surface area (Å²) in [6.07, 6.45) is 4.78. The first kappa shape index (κ1) is 21.7. The van der Waals surface area contributed by atoms with E-state index in [4.69, 9.17) is 0 Å². The smallest absolute Gasteiger partial charge is 0.234 e. The summed E-state index contributed by atoms with van der Waals surface area (Å²) < 4.78 is 1.74. The standard InChI is InChI=1S/C20H19Br2N3OS/c1-4-5-6-17-12(2)18(10-23)20(24-13(17)3)27-11-19(26)25-16-8-14(21)7-15(22)9-16/h4-5,7-9H,6,11H2,1-3H3,(H,25,26). The van der Waals surface area contributed by atoms with E-state index >= 15 is 0 Å². The Kier molecular flexibility index (Phi) is 8.08. The average Bonchev–Trinajstić information content (AvgIpc) is 2.58. The maximum absolute atomic E-state index is 12.3. The van der Waals surface area contributed by atoms with Crippen LogP contribution in [0.4, 0.5) is 5.69 Å². The van der Waals surface area contributed by atoms with Gasteiger partial charge < -0.3 is 5.32 Å². The fourth-order valence-corrected chi connectivity index (χ4v) is 4.77. The molecule has 2 rings (SSSR count). The lowest BCUT2D eigenvalue weighted by Crippen LogP contribution is -2.14. The van der Waals surface area contributed by atoms with Crippen LogP contribution >= 0.6 is 43.6 Å². The molecule has 27 heavy (non-hydrogen) atoms. The molecule has 0 bridgehead atoms. The lowest BCUT2D eigenvalue weighted by Gasteiger charge is -2.13. The predicted molar refractivity (Wildman–Crippen MR) is 118 cm³/mol. The third-order valence-corrected chi connectivity index (χ3v) is 5.79. The second kappa shape index (κ2) is 10.1. The maximum Gasteiger partial charge on any atom is 0.234 e. The van der Waals surface area contributed by atoms with Crippen LogP contribution in [-0.4, -0.2) is 16.6 Å². The van der Waals surface area contributed by atoms with E-state index in [1.807, 2.05) is 45.0 Å². The van der Waals surface area contributed by atoms with Crippen molar-refractivity contribution in [2.75, 3.05) is 11.1 Å². The van der Waals surface area contributed by atoms with E-state index in [9.17, 15) is 10.1 Å². The summed E-state index contributed by atoms with van der Waals surface area (Å²) in [6, 6.07) is 7.80. The number of rotatable bonds is 6. The third-order valence-electron chi connectivity index (χ3n) is 3.90. The number of nitrogens with zero attached hydrogens (tertiary/aromatic N) is 2. The van der Waals surface area contributed by atoms with Gasteiger partial charge in [-0.05, 0) is 56.5 Å². The molecule has 0 saturated carbocycles. The minimum Gasteiger partial charge on any atom is -0.325 e. The number of nitrogens with one attached hydrogen (secondary N) is 1. The molecular weight excluding hydrogens is 490 g/mol. The molecule has 0 atom stereocenters. The Balaban J connectivity index is 2.15. The minimum atomic E-state index is -0.149. The molecule has 2 aromatic rings. The highest BCUT2D eigenvalue weighted by atomic mass is 79.9. The molecule has 7 heteroatoms. The van der Waals surface area contributed by atoms with Gasteiger partial charge in [-0.25, -0.2) is 4.98 Å². The number of hydrogen-bond acceptors (Lipinski definition) is 4. The molecule has 140 valence electrons. The molecule has 0 aliphatic carbocycles. The Bertz CT molecular complexity index is 916. The fourth-order valence-electron chi connectivity index (χ4n) is 2.59. The quantitative estimate of drug-likeness (QED) is 0.387. The van der Waals surface area contributed by atoms with E-state index < -0.39 is 0 Å². The molecule has 1 heterocycles. The number of aryl methyl sites for hydroxylation is 1. The molecule has 0 spiro atoms. The fraction of sp³-hybridized carbons (Fsp3) is 0.250. The van der Waals surface area contributed by atoms with Gasteiger partial charge in [-0.1, -0.05) is 55.8 Å². The van der Waals surface area contributed by atoms with Crippen molar-refractivity contribution < 1.29 is 4.79 Å². The van der Waals surface area contributed by atoms with Gasteiger partial charge in [0.05, 0.1) is 11.3 Å². The van der Waals surface area contributed by atoms with Gasteiger partial charge in [0.25, 0.3) is 0 Å². The number of carbonyl (C=O) groups is 1. The van der Waals surface area contributed by atoms with Gasteiger partial charge in [-0.2, -0.15) is 5.26 Å². The first-order chi connectivity index (χ1) is 12.8. The van der Waals surface area contributed by atoms with Crippen molar-refractivity contribution in [3.8, 4) is 6.07 Å². The van der Waals surface area contributed by atoms with Crippen LogP contribution in [0.1, 0.15) is 29.3 Å². The first-order valence-corrected chi connectivity index (χ1v) is 10.8. The topological polar surface area (TPSA) is 65.8 Å². The zero-order valence-electron chi connectivity index (χ0n) is 15.3. The summed E-state index contributed by atoms with van der Waals surface area (Å²) in [7, 11) is 0. The molecule has 0 aliphatic heterocycles. The Morgan fingerprint density at radius 1 is 1.30 bits per heavy atom. The molecule has 4 nitrogen and oxygen atoms in total. The molecule has 1 aromatic carbocycles. The highest BCUT2D eigenvalue weighted by molar-refractivity contribution is 9.11. The zero-order chi connectivity index (χ0) is 20.0. The Morgan fingerprint density at radius 2 is 1.96 bits per heavy atom. The second-order valence-corrected chi connectivity index (χ2v) is 8.66. The lowest BCUT2D eigenvalue weighted by molar-refractivity contribution is -0.113. The van der Waals surface area contributed by atoms with Gasteiger partial charge >= 0.3 is 0 Å². The molecule has 0 unspecified atom stereocenters. The van der Waals surface area contributed by atoms with E-state index in [0.29, 0.717) is 16.3 Å². The number of nitriles is 1. The molecule has 0 saturated heterocycles. The van der Waals surface area contributed by atoms with Crippen LogP contribution in [-0.2, 0) is 11.2 Å². The molecule has 1 aromatic heterocycles. The Hall–Kier alpha value is -1.62. The number of benzene rings is 1. The molecular formula is C20H19Br2N3OS. The Labute approximate surface area is 180 Å². The number of allylic oxidation sites excluding steroid dienone is 2. The summed E-state index contributed by atoms with van der Waals surface area (Å²) >= 11 is 8.08. The van der Waals surface area contributed by atoms with Gasteiger partial charge in [0.2, 0.25) is 5.91 Å². The van der Waals surface area contributed by atoms with E-state index in [-0.39, 0.29) is 11.7 Å². The highest BCUT2D eigenvalue weighted by Crippen LogP contribution is 2.28. The average molecular weight is 509 g/mol. The van der Waals surface area contributed by atoms with E-state index in [1.165, 1.54) is 11.8 Å². The maximum atomic E-state index is 12.3. The number of amides is 1. The monoisotopic (exact) mass is 507 g/mol. The van der Waals surface area contributed by atoms with Crippen molar-refractivity contribution in [3.63, 3.8) is 0 Å². The predicted octanol–water partition coefficient (Wildman–Crippen LogP) is 5.94. The van der Waals surface area contributed by atoms with Crippen LogP contribution in [0.3, 0.4) is 0 Å². The molecule has 0 fully saturated rings. The minimum absolute atomic E-state index is 0.149. The van der Waals surface area contributed by atoms with Crippen molar-refractivity contribution in [1.82, 2.24) is 4.98 Å². The number of anilines is 1. The highest BCUT2D eigenvalue weighted by Gasteiger charge is 2.16. The van der Waals surface area contributed by atoms with Crippen LogP contribution in [0.15, 0.2) is 44.3 Å². The molecule has 0 radical (unpaired) electrons. The molecule has 1 amide bonds. The number of pyridine rings is 1. The SMILES string of the molecule is CC=CCc1c(C)nc(SCC(=O)Nc2cc(Br)cc(Br)c2)c(C#N)c1C. The van der Waals surface area contributed by atoms with E-state index in [2.05, 4.69) is 54.3 Å². The van der Waals surface area contributed by atoms with Crippen molar-refractivity contribution >= 4 is 55.2 Å². The van der Waals surface area contributed by atoms with Crippen LogP contribution in [0.2, 0.25) is 0 Å². The van der Waals surface area contributed by atoms with Crippen LogP contribution < -0.4 is 5.32 Å². The summed E-state index contributed by atoms with van der Waals surface area (Å²) in [4.78, 5) is 16.9. The Morgan fingerprint density at radius 3 is 2.56 bits per heavy atom. The lowest BCUT2D eigenvalue weighted by atomic mass is 10.0. The third kappa shape index (κ3) is 5.93. The molecule has 1 N–H and O–H groups in total. The van der Waals surface area contributed by atoms with Crippen LogP contribution in [0.25, 0.3) is 0 Å². The number of carbonyl (C=O) groups excluding carboxylic acids is 1. The van der Waals surface area contributed by atoms with E-state index in [1.54, 1.807) is 0 Å². The normalized spacial score (nSPS) is 10.8. The van der Waals surface area contributed by atoms with Gasteiger partial charge in [-0.3, -0.25) is 4.79 Å². The van der Waals surface area contributed by atoms with E-state index in [0.717, 1.165) is 32.2 Å². The summed E-state index contributed by atoms with van der Waals surface area (Å²) in [6.45, 7) is 5.85. The molecule has 0 aliphatic rings. The number of hydrogen-bond donors (Lipinski definition) is 1. The number of thioether (sulfide) groups is 1. The summed E-state index contributed by atoms with van der Waals surface area (Å²) in [5, 5.41) is 13.0.